The van der Waals surface area contributed by atoms with Gasteiger partial charge >= 0.3 is 0 Å². The Morgan fingerprint density at radius 3 is 1.80 bits per heavy atom. The third-order valence-corrected chi connectivity index (χ3v) is 2.49. The van der Waals surface area contributed by atoms with Crippen LogP contribution in [0, 0.1) is 11.8 Å². The molecule has 2 nitrogen and oxygen atoms in total. The van der Waals surface area contributed by atoms with E-state index in [2.05, 4.69) is 27.7 Å². The average molecular weight is 283 g/mol. The van der Waals surface area contributed by atoms with Gasteiger partial charge in [-0.15, -0.1) is 0 Å². The van der Waals surface area contributed by atoms with E-state index in [1.807, 2.05) is 11.8 Å². The first-order valence-electron chi connectivity index (χ1n) is 5.39. The summed E-state index contributed by atoms with van der Waals surface area (Å²) in [7, 11) is 0. The van der Waals surface area contributed by atoms with Gasteiger partial charge in [-0.3, -0.25) is 4.79 Å². The molecule has 0 aromatic rings. The number of carbonyl (C=O) groups is 1. The number of thioether (sulfide) groups is 1. The molecule has 0 atom stereocenters. The molecule has 0 aliphatic rings. The summed E-state index contributed by atoms with van der Waals surface area (Å²) in [5, 5.41) is 0.231. The fourth-order valence-corrected chi connectivity index (χ4v) is 1.90. The van der Waals surface area contributed by atoms with Crippen LogP contribution in [0.3, 0.4) is 0 Å². The Balaban J connectivity index is 0. The number of carbonyl (C=O) groups excluding carboxylic acids is 1. The van der Waals surface area contributed by atoms with Gasteiger partial charge in [0.15, 0.2) is 0 Å². The molecule has 0 aliphatic heterocycles. The van der Waals surface area contributed by atoms with Crippen LogP contribution in [0.1, 0.15) is 34.6 Å². The van der Waals surface area contributed by atoms with E-state index < -0.39 is 0 Å². The number of hydrogen-bond donors (Lipinski definition) is 0. The molecule has 0 aliphatic carbocycles. The van der Waals surface area contributed by atoms with Crippen molar-refractivity contribution < 1.29 is 24.3 Å². The van der Waals surface area contributed by atoms with E-state index in [9.17, 15) is 4.79 Å². The van der Waals surface area contributed by atoms with Crippen molar-refractivity contribution in [2.45, 2.75) is 34.6 Å². The maximum absolute atomic E-state index is 11.7. The van der Waals surface area contributed by atoms with Crippen molar-refractivity contribution in [1.82, 2.24) is 4.90 Å². The fourth-order valence-electron chi connectivity index (χ4n) is 1.32. The third-order valence-electron chi connectivity index (χ3n) is 1.70. The predicted octanol–water partition coefficient (Wildman–Crippen LogP) is 3.47. The number of rotatable bonds is 5. The molecule has 0 bridgehead atoms. The SMILES string of the molecule is CCSC(=O)N(CC(C)C)CC(C)C.[Zn]. The number of hydrogen-bond acceptors (Lipinski definition) is 2. The molecule has 0 aromatic heterocycles. The molecule has 0 spiro atoms. The van der Waals surface area contributed by atoms with Gasteiger partial charge in [-0.25, -0.2) is 0 Å². The largest absolute Gasteiger partial charge is 0.333 e. The molecule has 4 heteroatoms. The second-order valence-corrected chi connectivity index (χ2v) is 5.61. The van der Waals surface area contributed by atoms with Crippen LogP contribution in [0.15, 0.2) is 0 Å². The van der Waals surface area contributed by atoms with Gasteiger partial charge in [0.1, 0.15) is 0 Å². The van der Waals surface area contributed by atoms with Gasteiger partial charge in [0.25, 0.3) is 5.24 Å². The first-order valence-corrected chi connectivity index (χ1v) is 6.37. The second-order valence-electron chi connectivity index (χ2n) is 4.39. The molecule has 15 heavy (non-hydrogen) atoms. The smallest absolute Gasteiger partial charge is 0.281 e. The summed E-state index contributed by atoms with van der Waals surface area (Å²) >= 11 is 1.41. The Morgan fingerprint density at radius 1 is 1.13 bits per heavy atom. The first-order chi connectivity index (χ1) is 6.47. The van der Waals surface area contributed by atoms with Gasteiger partial charge in [-0.2, -0.15) is 0 Å². The Kier molecular flexibility index (Phi) is 11.5. The molecule has 86 valence electrons. The molecule has 1 amide bonds. The number of amides is 1. The molecule has 0 heterocycles. The van der Waals surface area contributed by atoms with Gasteiger partial charge in [-0.05, 0) is 17.6 Å². The number of nitrogens with zero attached hydrogens (tertiary/aromatic N) is 1. The molecule has 0 rings (SSSR count). The van der Waals surface area contributed by atoms with E-state index in [4.69, 9.17) is 0 Å². The minimum absolute atomic E-state index is 0. The van der Waals surface area contributed by atoms with Crippen LogP contribution in [0.2, 0.25) is 0 Å². The van der Waals surface area contributed by atoms with E-state index in [-0.39, 0.29) is 24.7 Å². The van der Waals surface area contributed by atoms with Gasteiger partial charge in [-0.1, -0.05) is 46.4 Å². The standard InChI is InChI=1S/C11H23NOS.Zn/c1-6-14-11(13)12(7-9(2)3)8-10(4)5;/h9-10H,6-8H2,1-5H3;. The zero-order valence-corrected chi connectivity index (χ0v) is 14.5. The van der Waals surface area contributed by atoms with Crippen molar-refractivity contribution in [3.63, 3.8) is 0 Å². The maximum Gasteiger partial charge on any atom is 0.281 e. The van der Waals surface area contributed by atoms with Crippen molar-refractivity contribution in [2.24, 2.45) is 11.8 Å². The van der Waals surface area contributed by atoms with Gasteiger partial charge in [0.2, 0.25) is 0 Å². The molecule has 0 radical (unpaired) electrons. The van der Waals surface area contributed by atoms with Crippen molar-refractivity contribution in [1.29, 1.82) is 0 Å². The van der Waals surface area contributed by atoms with E-state index in [1.54, 1.807) is 0 Å². The minimum Gasteiger partial charge on any atom is -0.333 e. The molecule has 0 unspecified atom stereocenters. The summed E-state index contributed by atoms with van der Waals surface area (Å²) < 4.78 is 0. The third kappa shape index (κ3) is 9.38. The summed E-state index contributed by atoms with van der Waals surface area (Å²) in [6.07, 6.45) is 0. The Hall–Kier alpha value is 0.443. The minimum atomic E-state index is 0. The van der Waals surface area contributed by atoms with Crippen LogP contribution >= 0.6 is 11.8 Å². The monoisotopic (exact) mass is 281 g/mol. The fraction of sp³-hybridized carbons (Fsp3) is 0.909. The normalized spacial score (nSPS) is 10.3. The predicted molar refractivity (Wildman–Crippen MR) is 64.8 cm³/mol. The van der Waals surface area contributed by atoms with E-state index in [0.717, 1.165) is 18.8 Å². The molecule has 0 fully saturated rings. The Morgan fingerprint density at radius 2 is 1.53 bits per heavy atom. The van der Waals surface area contributed by atoms with E-state index in [0.29, 0.717) is 11.8 Å². The zero-order chi connectivity index (χ0) is 11.1. The molecular weight excluding hydrogens is 260 g/mol. The Labute approximate surface area is 111 Å². The average Bonchev–Trinajstić information content (AvgIpc) is 2.01. The molecule has 0 saturated heterocycles. The van der Waals surface area contributed by atoms with Crippen molar-refractivity contribution in [3.05, 3.63) is 0 Å². The Bertz CT molecular complexity index is 164. The van der Waals surface area contributed by atoms with Crippen LogP contribution in [-0.2, 0) is 19.5 Å². The molecule has 0 aromatic carbocycles. The quantitative estimate of drug-likeness (QED) is 0.720. The first kappa shape index (κ1) is 17.8. The summed E-state index contributed by atoms with van der Waals surface area (Å²) in [5.41, 5.74) is 0. The summed E-state index contributed by atoms with van der Waals surface area (Å²) in [6.45, 7) is 12.4. The van der Waals surface area contributed by atoms with Crippen LogP contribution in [0.5, 0.6) is 0 Å². The second kappa shape index (κ2) is 9.65. The van der Waals surface area contributed by atoms with Gasteiger partial charge < -0.3 is 4.90 Å². The van der Waals surface area contributed by atoms with Crippen LogP contribution in [-0.4, -0.2) is 29.0 Å². The molecule has 0 saturated carbocycles. The summed E-state index contributed by atoms with van der Waals surface area (Å²) in [5.74, 6) is 1.97. The topological polar surface area (TPSA) is 20.3 Å². The summed E-state index contributed by atoms with van der Waals surface area (Å²) in [6, 6.07) is 0. The van der Waals surface area contributed by atoms with Crippen LogP contribution < -0.4 is 0 Å². The molecular formula is C11H23NOSZn. The van der Waals surface area contributed by atoms with E-state index >= 15 is 0 Å². The zero-order valence-electron chi connectivity index (χ0n) is 10.7. The van der Waals surface area contributed by atoms with Crippen LogP contribution in [0.25, 0.3) is 0 Å². The van der Waals surface area contributed by atoms with Crippen molar-refractivity contribution in [3.8, 4) is 0 Å². The van der Waals surface area contributed by atoms with E-state index in [1.165, 1.54) is 11.8 Å². The van der Waals surface area contributed by atoms with Crippen molar-refractivity contribution >= 4 is 17.0 Å². The van der Waals surface area contributed by atoms with Gasteiger partial charge in [0, 0.05) is 32.6 Å². The van der Waals surface area contributed by atoms with Crippen molar-refractivity contribution in [2.75, 3.05) is 18.8 Å². The molecule has 0 N–H and O–H groups in total. The maximum atomic E-state index is 11.7. The summed E-state index contributed by atoms with van der Waals surface area (Å²) in [4.78, 5) is 13.7. The van der Waals surface area contributed by atoms with Gasteiger partial charge in [0.05, 0.1) is 0 Å². The van der Waals surface area contributed by atoms with Crippen LogP contribution in [0.4, 0.5) is 4.79 Å².